The summed E-state index contributed by atoms with van der Waals surface area (Å²) in [4.78, 5) is 142. The summed E-state index contributed by atoms with van der Waals surface area (Å²) in [5.74, 6) is 5.02. The molecule has 5 aromatic carbocycles. The number of rotatable bonds is 26. The number of para-hydroxylation sites is 5. The summed E-state index contributed by atoms with van der Waals surface area (Å²) >= 11 is 6.35. The highest BCUT2D eigenvalue weighted by Crippen LogP contribution is 2.46. The number of H-pyrrole nitrogens is 1. The molecule has 8 aliphatic rings. The van der Waals surface area contributed by atoms with Crippen LogP contribution in [0.15, 0.2) is 130 Å². The van der Waals surface area contributed by atoms with Crippen LogP contribution in [-0.4, -0.2) is 210 Å². The van der Waals surface area contributed by atoms with Crippen LogP contribution in [0.2, 0.25) is 0 Å². The van der Waals surface area contributed by atoms with Crippen molar-refractivity contribution in [1.29, 1.82) is 0 Å². The van der Waals surface area contributed by atoms with Crippen LogP contribution in [0.4, 0.5) is 25.7 Å². The number of aromatic nitrogens is 6. The Labute approximate surface area is 808 Å². The minimum atomic E-state index is -0.330. The van der Waals surface area contributed by atoms with Gasteiger partial charge in [0, 0.05) is 139 Å². The van der Waals surface area contributed by atoms with E-state index >= 15 is 0 Å². The third-order valence-electron chi connectivity index (χ3n) is 23.3. The van der Waals surface area contributed by atoms with Crippen molar-refractivity contribution in [3.8, 4) is 51.7 Å². The van der Waals surface area contributed by atoms with Crippen molar-refractivity contribution in [2.45, 2.75) is 176 Å². The summed E-state index contributed by atoms with van der Waals surface area (Å²) in [6.07, 6.45) is 13.5. The molecule has 38 heteroatoms. The van der Waals surface area contributed by atoms with Gasteiger partial charge in [-0.2, -0.15) is 0 Å². The second-order valence-corrected chi connectivity index (χ2v) is 40.9. The molecule has 6 N–H and O–H groups in total. The largest absolute Gasteiger partial charge is 0.483 e. The number of nitrogens with zero attached hydrogens (tertiary/aromatic N) is 9. The number of hydrogen-bond donors (Lipinski definition) is 6. The van der Waals surface area contributed by atoms with Crippen molar-refractivity contribution in [2.75, 3.05) is 112 Å². The molecule has 11 aromatic rings. The first kappa shape index (κ1) is 97.8. The average Bonchev–Trinajstić information content (AvgIpc) is 1.65. The molecule has 6 aromatic heterocycles. The predicted molar refractivity (Wildman–Crippen MR) is 523 cm³/mol. The zero-order chi connectivity index (χ0) is 96.0. The number of thiazole rings is 5. The number of aromatic amines is 1. The molecule has 136 heavy (non-hydrogen) atoms. The van der Waals surface area contributed by atoms with E-state index in [0.29, 0.717) is 112 Å². The van der Waals surface area contributed by atoms with E-state index in [-0.39, 0.29) is 109 Å². The highest BCUT2D eigenvalue weighted by molar-refractivity contribution is 7.15. The van der Waals surface area contributed by atoms with E-state index in [4.69, 9.17) is 42.6 Å². The Morgan fingerprint density at radius 1 is 0.368 bits per heavy atom. The van der Waals surface area contributed by atoms with Gasteiger partial charge in [0.1, 0.15) is 50.9 Å². The molecule has 14 heterocycles. The number of carbonyl (C=O) groups is 9. The van der Waals surface area contributed by atoms with Gasteiger partial charge in [-0.3, -0.25) is 69.7 Å². The minimum Gasteiger partial charge on any atom is -0.483 e. The summed E-state index contributed by atoms with van der Waals surface area (Å²) in [6, 6.07) is 30.5. The van der Waals surface area contributed by atoms with Gasteiger partial charge in [-0.05, 0) is 155 Å². The molecule has 4 saturated heterocycles. The van der Waals surface area contributed by atoms with Crippen molar-refractivity contribution in [3.63, 3.8) is 0 Å². The molecule has 0 spiro atoms. The normalized spacial score (nSPS) is 16.7. The second-order valence-electron chi connectivity index (χ2n) is 36.6. The number of anilines is 5. The van der Waals surface area contributed by atoms with Crippen molar-refractivity contribution in [3.05, 3.63) is 181 Å². The van der Waals surface area contributed by atoms with Crippen LogP contribution in [0.25, 0.3) is 10.9 Å². The number of carbonyl (C=O) groups excluding carboxylic acids is 9. The maximum atomic E-state index is 12.6. The quantitative estimate of drug-likeness (QED) is 0.0293. The van der Waals surface area contributed by atoms with E-state index in [0.717, 1.165) is 168 Å². The first-order chi connectivity index (χ1) is 65.2. The highest BCUT2D eigenvalue weighted by atomic mass is 32.1. The molecule has 19 rings (SSSR count). The minimum absolute atomic E-state index is 0.0449. The van der Waals surface area contributed by atoms with Crippen molar-refractivity contribution in [1.82, 2.24) is 49.5 Å². The van der Waals surface area contributed by atoms with Gasteiger partial charge in [-0.1, -0.05) is 80.9 Å². The Balaban J connectivity index is 0.000000130. The number of ether oxygens (including phenoxy) is 9. The van der Waals surface area contributed by atoms with Crippen molar-refractivity contribution < 1.29 is 85.8 Å². The first-order valence-corrected chi connectivity index (χ1v) is 50.0. The SMILES string of the molecule is CC1(C)Cc2cccc(OCC(=O)Nc3nc(C(=O)N4CCCC4)cs3)c2O1.CC1(C)Cc2cccc(OCC(=O)Nc3nc(C(=O)N4CCCCC4)cs3)c2O1.CCC1CN(C(=O)c2csc(NC(=O)COc3cccc4c3OC(C)(C)C4)n2)C1.CC[C@H]1CCN(C(=O)c2csc(NC(=O)COc3cccc4c3OC(C)(C)C4)n2)C1.Cc1csc(NC(=O)COc2cccc3cc[nH]c23)n1. The second kappa shape index (κ2) is 43.5. The lowest BCUT2D eigenvalue weighted by Gasteiger charge is -2.38. The van der Waals surface area contributed by atoms with Gasteiger partial charge in [0.15, 0.2) is 105 Å². The fraction of sp³-hybridized carbons (Fsp3) is 0.429. The van der Waals surface area contributed by atoms with Crippen LogP contribution >= 0.6 is 56.7 Å². The van der Waals surface area contributed by atoms with Gasteiger partial charge in [-0.25, -0.2) is 24.9 Å². The van der Waals surface area contributed by atoms with Gasteiger partial charge in [0.25, 0.3) is 53.2 Å². The zero-order valence-electron chi connectivity index (χ0n) is 77.9. The Hall–Kier alpha value is -12.8. The van der Waals surface area contributed by atoms with E-state index in [9.17, 15) is 43.2 Å². The number of benzene rings is 5. The van der Waals surface area contributed by atoms with E-state index in [1.807, 2.05) is 156 Å². The predicted octanol–water partition coefficient (Wildman–Crippen LogP) is 16.7. The maximum Gasteiger partial charge on any atom is 0.273 e. The molecule has 0 radical (unpaired) electrons. The molecule has 0 bridgehead atoms. The van der Waals surface area contributed by atoms with E-state index in [1.165, 1.54) is 56.7 Å². The molecule has 33 nitrogen and oxygen atoms in total. The lowest BCUT2D eigenvalue weighted by atomic mass is 9.97. The monoisotopic (exact) mass is 1950 g/mol. The first-order valence-electron chi connectivity index (χ1n) is 45.6. The Morgan fingerprint density at radius 3 is 1.01 bits per heavy atom. The van der Waals surface area contributed by atoms with Crippen LogP contribution in [0, 0.1) is 18.8 Å². The van der Waals surface area contributed by atoms with Gasteiger partial charge < -0.3 is 67.2 Å². The van der Waals surface area contributed by atoms with E-state index in [1.54, 1.807) is 55.6 Å². The molecule has 0 aliphatic carbocycles. The lowest BCUT2D eigenvalue weighted by Crippen LogP contribution is -2.49. The summed E-state index contributed by atoms with van der Waals surface area (Å²) in [7, 11) is 0. The summed E-state index contributed by atoms with van der Waals surface area (Å²) in [5, 5.41) is 25.4. The fourth-order valence-electron chi connectivity index (χ4n) is 16.6. The van der Waals surface area contributed by atoms with Crippen molar-refractivity contribution in [2.24, 2.45) is 11.8 Å². The number of aryl methyl sites for hydroxylation is 1. The Bertz CT molecular complexity index is 6150. The molecule has 8 aliphatic heterocycles. The summed E-state index contributed by atoms with van der Waals surface area (Å²) in [5.41, 5.74) is 6.49. The molecular weight excluding hydrogens is 1840 g/mol. The standard InChI is InChI=1S/C22H27N3O4S.2C21H25N3O4S.C20H23N3O4S.C14H13N3O2S/c1-4-14-8-9-25(11-14)20(27)16-13-30-21(23-16)24-18(26)12-28-17-7-5-6-15-10-22(2,3)29-19(15)17;1-21(2)11-14-7-6-8-16(18(14)28-21)27-12-17(25)23-20-22-15(13-29-20)19(26)24-9-4-3-5-10-24;1-4-13-9-24(10-13)19(26)15-12-29-20(22-15)23-17(25)11-27-16-7-5-6-14-8-21(2,3)28-18(14)16;1-20(2)10-13-6-5-7-15(17(13)27-20)26-11-16(24)22-19-21-14(12-28-19)18(25)23-8-3-4-9-23;1-9-8-20-14(16-9)17-12(18)7-19-11-4-2-3-10-5-6-15-13(10)11/h5-7,13-14H,4,8-12H2,1-3H3,(H,23,24,26);6-8,13H,3-5,9-12H2,1-2H3,(H,22,23,25);5-7,12-13H,4,8-11H2,1-3H3,(H,22,23,25);5-7,12H,3-4,8-11H2,1-2H3,(H,21,22,24);2-6,8,15H,7H2,1H3,(H,16,17,18)/t14-;;;;/m0..../s1. The third-order valence-corrected chi connectivity index (χ3v) is 27.2. The van der Waals surface area contributed by atoms with Crippen LogP contribution in [0.3, 0.4) is 0 Å². The fourth-order valence-corrected chi connectivity index (χ4v) is 20.1. The topological polar surface area (TPSA) is 390 Å². The lowest BCUT2D eigenvalue weighted by molar-refractivity contribution is -0.118. The molecule has 0 saturated carbocycles. The smallest absolute Gasteiger partial charge is 0.273 e. The van der Waals surface area contributed by atoms with Gasteiger partial charge in [-0.15, -0.1) is 56.7 Å². The molecule has 1 atom stereocenters. The number of likely N-dealkylation sites (tertiary alicyclic amines) is 4. The molecule has 9 amide bonds. The van der Waals surface area contributed by atoms with E-state index < -0.39 is 0 Å². The van der Waals surface area contributed by atoms with Crippen LogP contribution in [0.5, 0.6) is 51.7 Å². The van der Waals surface area contributed by atoms with Crippen LogP contribution in [0.1, 0.15) is 191 Å². The van der Waals surface area contributed by atoms with Crippen LogP contribution < -0.4 is 69.2 Å². The number of hydrogen-bond acceptors (Lipinski definition) is 28. The number of piperidine rings is 1. The van der Waals surface area contributed by atoms with Crippen LogP contribution in [-0.2, 0) is 49.7 Å². The van der Waals surface area contributed by atoms with Crippen molar-refractivity contribution >= 4 is 146 Å². The third kappa shape index (κ3) is 25.7. The molecule has 0 unspecified atom stereocenters. The summed E-state index contributed by atoms with van der Waals surface area (Å²) in [6.45, 7) is 27.8. The number of fused-ring (bicyclic) bond motifs is 5. The highest BCUT2D eigenvalue weighted by Gasteiger charge is 2.39. The molecular formula is C98H113N15O18S5. The summed E-state index contributed by atoms with van der Waals surface area (Å²) < 4.78 is 52.1. The average molecular weight is 1950 g/mol. The molecule has 718 valence electrons. The Kier molecular flexibility index (Phi) is 31.3. The maximum absolute atomic E-state index is 12.6. The van der Waals surface area contributed by atoms with Gasteiger partial charge in [0.2, 0.25) is 0 Å². The number of nitrogens with one attached hydrogen (secondary N) is 6. The van der Waals surface area contributed by atoms with E-state index in [2.05, 4.69) is 70.3 Å². The zero-order valence-corrected chi connectivity index (χ0v) is 82.0. The number of amides is 9. The van der Waals surface area contributed by atoms with Gasteiger partial charge >= 0.3 is 0 Å². The Morgan fingerprint density at radius 2 is 0.669 bits per heavy atom. The molecule has 4 fully saturated rings. The van der Waals surface area contributed by atoms with Gasteiger partial charge in [0.05, 0.1) is 11.2 Å².